The molecule has 4 nitrogen and oxygen atoms in total. The second-order valence-corrected chi connectivity index (χ2v) is 5.61. The van der Waals surface area contributed by atoms with Crippen molar-refractivity contribution in [3.8, 4) is 6.19 Å². The molecule has 0 atom stereocenters. The Morgan fingerprint density at radius 1 is 0.750 bits per heavy atom. The van der Waals surface area contributed by atoms with Gasteiger partial charge in [-0.2, -0.15) is 16.8 Å². The van der Waals surface area contributed by atoms with E-state index >= 15 is 0 Å². The normalized spacial score (nSPS) is 16.4. The van der Waals surface area contributed by atoms with Gasteiger partial charge in [0.2, 0.25) is 6.19 Å². The fraction of sp³-hybridized carbons (Fsp3) is 0. The minimum atomic E-state index is -0.849. The molecule has 0 saturated heterocycles. The fourth-order valence-corrected chi connectivity index (χ4v) is 2.74. The van der Waals surface area contributed by atoms with Crippen LogP contribution in [0.25, 0.3) is 16.1 Å². The summed E-state index contributed by atoms with van der Waals surface area (Å²) in [6.07, 6.45) is 4.13. The molecule has 0 spiro atoms. The highest BCUT2D eigenvalue weighted by Gasteiger charge is 2.23. The molecule has 0 amide bonds. The molecular weight excluding hydrogens is 372 g/mol. The quantitative estimate of drug-likeness (QED) is 0.240. The van der Waals surface area contributed by atoms with E-state index in [4.69, 9.17) is 11.8 Å². The van der Waals surface area contributed by atoms with Gasteiger partial charge in [0.25, 0.3) is 0 Å². The molecule has 1 aliphatic carbocycles. The molecule has 0 unspecified atom stereocenters. The molecule has 28 heavy (non-hydrogen) atoms. The summed E-state index contributed by atoms with van der Waals surface area (Å²) in [6, 6.07) is 5.46. The van der Waals surface area contributed by atoms with E-state index in [-0.39, 0.29) is 33.7 Å². The van der Waals surface area contributed by atoms with Gasteiger partial charge in [0.1, 0.15) is 23.3 Å². The predicted molar refractivity (Wildman–Crippen MR) is 95.8 cm³/mol. The van der Waals surface area contributed by atoms with Gasteiger partial charge < -0.3 is 0 Å². The zero-order chi connectivity index (χ0) is 20.3. The summed E-state index contributed by atoms with van der Waals surface area (Å²) in [7, 11) is 0. The molecule has 3 rings (SSSR count). The highest BCUT2D eigenvalue weighted by Crippen LogP contribution is 2.30. The van der Waals surface area contributed by atoms with Gasteiger partial charge in [0.15, 0.2) is 5.71 Å². The van der Waals surface area contributed by atoms with Crippen LogP contribution in [0.4, 0.5) is 17.6 Å². The Balaban J connectivity index is 2.23. The predicted octanol–water partition coefficient (Wildman–Crippen LogP) is 4.92. The minimum absolute atomic E-state index is 0.00319. The maximum atomic E-state index is 13.6. The highest BCUT2D eigenvalue weighted by atomic mass is 19.1. The van der Waals surface area contributed by atoms with E-state index in [9.17, 15) is 17.6 Å². The average molecular weight is 380 g/mol. The molecule has 0 fully saturated rings. The Bertz CT molecular complexity index is 1040. The second-order valence-electron chi connectivity index (χ2n) is 5.61. The van der Waals surface area contributed by atoms with E-state index in [2.05, 4.69) is 15.0 Å². The zero-order valence-electron chi connectivity index (χ0n) is 13.9. The summed E-state index contributed by atoms with van der Waals surface area (Å²) < 4.78 is 54.5. The van der Waals surface area contributed by atoms with E-state index in [1.54, 1.807) is 6.19 Å². The standard InChI is InChI=1S/C20H8F4N4/c1-26-28-20-9-17(11-2-13(21)6-14(22)3-11)19(27-10-25)8-18(20)12-4-15(23)7-16(24)5-12/h2-9H/b27-19?,28-20-. The second kappa shape index (κ2) is 7.68. The van der Waals surface area contributed by atoms with Crippen molar-refractivity contribution in [3.63, 3.8) is 0 Å². The van der Waals surface area contributed by atoms with E-state index in [0.717, 1.165) is 24.3 Å². The molecule has 0 bridgehead atoms. The number of allylic oxidation sites excluding steroid dienone is 4. The van der Waals surface area contributed by atoms with Crippen LogP contribution in [0.5, 0.6) is 0 Å². The van der Waals surface area contributed by atoms with Crippen molar-refractivity contribution >= 4 is 22.6 Å². The lowest BCUT2D eigenvalue weighted by molar-refractivity contribution is 0.582. The number of nitrogens with zero attached hydrogens (tertiary/aromatic N) is 4. The Kier molecular flexibility index (Phi) is 5.14. The van der Waals surface area contributed by atoms with Crippen LogP contribution in [0.15, 0.2) is 58.6 Å². The van der Waals surface area contributed by atoms with E-state index in [1.807, 2.05) is 0 Å². The van der Waals surface area contributed by atoms with Crippen molar-refractivity contribution in [1.82, 2.24) is 0 Å². The molecule has 0 aliphatic heterocycles. The maximum absolute atomic E-state index is 13.6. The molecule has 2 aromatic carbocycles. The summed E-state index contributed by atoms with van der Waals surface area (Å²) >= 11 is 0. The number of hydrogen-bond acceptors (Lipinski definition) is 3. The van der Waals surface area contributed by atoms with Crippen LogP contribution >= 0.6 is 0 Å². The third-order valence-electron chi connectivity index (χ3n) is 3.79. The monoisotopic (exact) mass is 380 g/mol. The van der Waals surface area contributed by atoms with Crippen molar-refractivity contribution in [1.29, 1.82) is 5.26 Å². The lowest BCUT2D eigenvalue weighted by atomic mass is 9.88. The van der Waals surface area contributed by atoms with Crippen LogP contribution in [-0.4, -0.2) is 11.4 Å². The molecule has 8 heteroatoms. The van der Waals surface area contributed by atoms with Gasteiger partial charge in [-0.15, -0.1) is 4.95 Å². The molecule has 1 aliphatic rings. The topological polar surface area (TPSA) is 52.9 Å². The molecule has 0 saturated carbocycles. The van der Waals surface area contributed by atoms with Crippen LogP contribution < -0.4 is 0 Å². The van der Waals surface area contributed by atoms with Gasteiger partial charge in [0.05, 0.1) is 10.8 Å². The van der Waals surface area contributed by atoms with Crippen molar-refractivity contribution < 1.29 is 17.6 Å². The van der Waals surface area contributed by atoms with Crippen molar-refractivity contribution in [3.05, 3.63) is 94.5 Å². The molecule has 0 N–H and O–H groups in total. The van der Waals surface area contributed by atoms with Crippen LogP contribution in [-0.2, 0) is 0 Å². The third kappa shape index (κ3) is 3.87. The smallest absolute Gasteiger partial charge is 0.206 e. The molecule has 0 heterocycles. The molecule has 0 aromatic heterocycles. The number of halogens is 4. The molecule has 0 radical (unpaired) electrons. The average Bonchev–Trinajstić information content (AvgIpc) is 2.61. The summed E-state index contributed by atoms with van der Waals surface area (Å²) in [4.78, 5) is 6.55. The lowest BCUT2D eigenvalue weighted by Crippen LogP contribution is -2.13. The van der Waals surface area contributed by atoms with Crippen molar-refractivity contribution in [2.24, 2.45) is 10.1 Å². The lowest BCUT2D eigenvalue weighted by Gasteiger charge is -2.16. The van der Waals surface area contributed by atoms with Gasteiger partial charge in [-0.3, -0.25) is 0 Å². The van der Waals surface area contributed by atoms with Crippen molar-refractivity contribution in [2.45, 2.75) is 0 Å². The van der Waals surface area contributed by atoms with Crippen LogP contribution in [0.3, 0.4) is 0 Å². The SMILES string of the molecule is [C-]#[N+]/N=C1/C=C(c2cc(F)cc(F)c2)C(=NC#N)C=C1c1cc(F)cc(F)c1. The first-order chi connectivity index (χ1) is 13.4. The summed E-state index contributed by atoms with van der Waals surface area (Å²) in [6.45, 7) is 6.98. The Morgan fingerprint density at radius 3 is 1.61 bits per heavy atom. The maximum Gasteiger partial charge on any atom is 0.206 e. The van der Waals surface area contributed by atoms with E-state index in [0.29, 0.717) is 12.1 Å². The number of benzene rings is 2. The summed E-state index contributed by atoms with van der Waals surface area (Å²) in [5.41, 5.74) is 0.371. The van der Waals surface area contributed by atoms with Gasteiger partial charge in [-0.25, -0.2) is 17.6 Å². The van der Waals surface area contributed by atoms with Crippen LogP contribution in [0.2, 0.25) is 0 Å². The number of hydrogen-bond donors (Lipinski definition) is 0. The Morgan fingerprint density at radius 2 is 1.18 bits per heavy atom. The molecule has 2 aromatic rings. The molecular formula is C20H8F4N4. The first-order valence-corrected chi connectivity index (χ1v) is 7.69. The fourth-order valence-electron chi connectivity index (χ4n) is 2.74. The van der Waals surface area contributed by atoms with Gasteiger partial charge in [-0.1, -0.05) is 0 Å². The van der Waals surface area contributed by atoms with Crippen LogP contribution in [0, 0.1) is 41.3 Å². The van der Waals surface area contributed by atoms with Crippen LogP contribution in [0.1, 0.15) is 11.1 Å². The number of aliphatic imine (C=N–C) groups is 1. The van der Waals surface area contributed by atoms with Gasteiger partial charge in [-0.05, 0) is 47.5 Å². The first kappa shape index (κ1) is 18.7. The third-order valence-corrected chi connectivity index (χ3v) is 3.79. The van der Waals surface area contributed by atoms with E-state index < -0.39 is 23.3 Å². The highest BCUT2D eigenvalue weighted by molar-refractivity contribution is 6.46. The summed E-state index contributed by atoms with van der Waals surface area (Å²) in [5, 5.41) is 12.6. The molecule has 136 valence electrons. The van der Waals surface area contributed by atoms with Crippen molar-refractivity contribution in [2.75, 3.05) is 0 Å². The van der Waals surface area contributed by atoms with Gasteiger partial charge >= 0.3 is 0 Å². The first-order valence-electron chi connectivity index (χ1n) is 7.69. The number of nitriles is 1. The largest absolute Gasteiger partial charge is 0.207 e. The Labute approximate surface area is 156 Å². The summed E-state index contributed by atoms with van der Waals surface area (Å²) in [5.74, 6) is -3.40. The Hall–Kier alpha value is -4.04. The van der Waals surface area contributed by atoms with Gasteiger partial charge in [0, 0.05) is 23.3 Å². The minimum Gasteiger partial charge on any atom is -0.207 e. The van der Waals surface area contributed by atoms with E-state index in [1.165, 1.54) is 12.2 Å². The number of rotatable bonds is 2. The zero-order valence-corrected chi connectivity index (χ0v) is 13.9.